The van der Waals surface area contributed by atoms with Gasteiger partial charge >= 0.3 is 0 Å². The van der Waals surface area contributed by atoms with Crippen LogP contribution in [0.2, 0.25) is 0 Å². The Labute approximate surface area is 219 Å². The van der Waals surface area contributed by atoms with Crippen molar-refractivity contribution in [2.24, 2.45) is 5.92 Å². The first kappa shape index (κ1) is 28.3. The molecule has 3 rings (SSSR count). The number of ether oxygens (including phenoxy) is 2. The van der Waals surface area contributed by atoms with Gasteiger partial charge in [0.15, 0.2) is 0 Å². The highest BCUT2D eigenvalue weighted by atomic mass is 32.2. The van der Waals surface area contributed by atoms with E-state index < -0.39 is 0 Å². The number of hydrogen-bond donors (Lipinski definition) is 0. The molecule has 1 aliphatic rings. The van der Waals surface area contributed by atoms with Crippen molar-refractivity contribution < 1.29 is 9.47 Å². The quantitative estimate of drug-likeness (QED) is 0.215. The first-order valence-electron chi connectivity index (χ1n) is 14.2. The summed E-state index contributed by atoms with van der Waals surface area (Å²) in [5.41, 5.74) is 1.25. The monoisotopic (exact) mass is 496 g/mol. The minimum atomic E-state index is -0.183. The third kappa shape index (κ3) is 9.59. The van der Waals surface area contributed by atoms with E-state index in [0.717, 1.165) is 19.3 Å². The van der Waals surface area contributed by atoms with E-state index in [9.17, 15) is 0 Å². The highest BCUT2D eigenvalue weighted by Gasteiger charge is 2.43. The molecule has 0 amide bonds. The van der Waals surface area contributed by atoms with Crippen LogP contribution in [-0.2, 0) is 16.1 Å². The zero-order valence-corrected chi connectivity index (χ0v) is 23.2. The number of rotatable bonds is 16. The summed E-state index contributed by atoms with van der Waals surface area (Å²) in [7, 11) is 0. The summed E-state index contributed by atoms with van der Waals surface area (Å²) >= 11 is 1.92. The molecule has 1 heterocycles. The topological polar surface area (TPSA) is 18.5 Å². The SMILES string of the molecule is CCCCCCCCCC[C@H](OCc1ccccc1)[C@@H]1CCCC(Sc2ccccc2)(C(C)C)O1. The van der Waals surface area contributed by atoms with Crippen LogP contribution in [0.5, 0.6) is 0 Å². The Balaban J connectivity index is 1.61. The van der Waals surface area contributed by atoms with Crippen molar-refractivity contribution in [3.8, 4) is 0 Å². The van der Waals surface area contributed by atoms with Gasteiger partial charge in [-0.1, -0.05) is 132 Å². The van der Waals surface area contributed by atoms with E-state index in [2.05, 4.69) is 81.4 Å². The van der Waals surface area contributed by atoms with Gasteiger partial charge in [0.25, 0.3) is 0 Å². The molecule has 0 aromatic heterocycles. The maximum Gasteiger partial charge on any atom is 0.120 e. The first-order chi connectivity index (χ1) is 17.1. The molecule has 1 saturated heterocycles. The van der Waals surface area contributed by atoms with Gasteiger partial charge in [-0.15, -0.1) is 0 Å². The average molecular weight is 497 g/mol. The highest BCUT2D eigenvalue weighted by molar-refractivity contribution is 8.00. The van der Waals surface area contributed by atoms with Crippen LogP contribution >= 0.6 is 11.8 Å². The Hall–Kier alpha value is -1.29. The second kappa shape index (κ2) is 15.7. The molecule has 3 atom stereocenters. The molecule has 0 spiro atoms. The molecular weight excluding hydrogens is 448 g/mol. The van der Waals surface area contributed by atoms with Crippen molar-refractivity contribution in [2.75, 3.05) is 0 Å². The molecule has 2 aromatic carbocycles. The van der Waals surface area contributed by atoms with Crippen LogP contribution in [0, 0.1) is 5.92 Å². The lowest BCUT2D eigenvalue weighted by atomic mass is 9.92. The highest BCUT2D eigenvalue weighted by Crippen LogP contribution is 2.48. The first-order valence-corrected chi connectivity index (χ1v) is 15.0. The molecular formula is C32H48O2S. The van der Waals surface area contributed by atoms with Gasteiger partial charge in [-0.2, -0.15) is 0 Å². The van der Waals surface area contributed by atoms with E-state index >= 15 is 0 Å². The van der Waals surface area contributed by atoms with Crippen LogP contribution in [0.4, 0.5) is 0 Å². The molecule has 0 radical (unpaired) electrons. The smallest absolute Gasteiger partial charge is 0.120 e. The van der Waals surface area contributed by atoms with Gasteiger partial charge in [0.2, 0.25) is 0 Å². The van der Waals surface area contributed by atoms with E-state index in [1.165, 1.54) is 68.2 Å². The fraction of sp³-hybridized carbons (Fsp3) is 0.625. The molecule has 1 unspecified atom stereocenters. The summed E-state index contributed by atoms with van der Waals surface area (Å²) in [6.45, 7) is 7.59. The summed E-state index contributed by atoms with van der Waals surface area (Å²) in [6, 6.07) is 21.4. The standard InChI is InChI=1S/C32H48O2S/c1-4-5-6-7-8-9-10-17-23-30(33-26-28-19-13-11-14-20-28)31-24-18-25-32(34-31,27(2)3)35-29-21-15-12-16-22-29/h11-16,19-22,27,30-31H,4-10,17-18,23-26H2,1-3H3/t30-,31-,32?/m0/s1. The fourth-order valence-corrected chi connectivity index (χ4v) is 6.47. The van der Waals surface area contributed by atoms with Crippen LogP contribution in [0.1, 0.15) is 103 Å². The van der Waals surface area contributed by atoms with Gasteiger partial charge in [0, 0.05) is 4.90 Å². The molecule has 0 saturated carbocycles. The zero-order chi connectivity index (χ0) is 24.8. The molecule has 0 bridgehead atoms. The number of unbranched alkanes of at least 4 members (excludes halogenated alkanes) is 7. The van der Waals surface area contributed by atoms with Gasteiger partial charge in [0.1, 0.15) is 4.93 Å². The maximum absolute atomic E-state index is 7.05. The summed E-state index contributed by atoms with van der Waals surface area (Å²) in [4.78, 5) is 1.12. The Kier molecular flexibility index (Phi) is 12.7. The van der Waals surface area contributed by atoms with Crippen LogP contribution in [0.15, 0.2) is 65.6 Å². The zero-order valence-electron chi connectivity index (χ0n) is 22.4. The van der Waals surface area contributed by atoms with Crippen molar-refractivity contribution in [1.29, 1.82) is 0 Å². The van der Waals surface area contributed by atoms with Crippen LogP contribution in [-0.4, -0.2) is 17.1 Å². The van der Waals surface area contributed by atoms with Gasteiger partial charge < -0.3 is 9.47 Å². The van der Waals surface area contributed by atoms with E-state index in [4.69, 9.17) is 9.47 Å². The second-order valence-corrected chi connectivity index (χ2v) is 11.9. The Morgan fingerprint density at radius 3 is 2.17 bits per heavy atom. The fourth-order valence-electron chi connectivity index (χ4n) is 5.12. The summed E-state index contributed by atoms with van der Waals surface area (Å²) < 4.78 is 13.7. The molecule has 1 fully saturated rings. The van der Waals surface area contributed by atoms with Gasteiger partial charge in [-0.3, -0.25) is 0 Å². The predicted molar refractivity (Wildman–Crippen MR) is 151 cm³/mol. The van der Waals surface area contributed by atoms with Gasteiger partial charge in [0.05, 0.1) is 18.8 Å². The van der Waals surface area contributed by atoms with Crippen molar-refractivity contribution >= 4 is 11.8 Å². The number of hydrogen-bond acceptors (Lipinski definition) is 3. The summed E-state index contributed by atoms with van der Waals surface area (Å²) in [5, 5.41) is 0. The molecule has 3 heteroatoms. The third-order valence-corrected chi connectivity index (χ3v) is 8.97. The summed E-state index contributed by atoms with van der Waals surface area (Å²) in [5.74, 6) is 0.438. The minimum absolute atomic E-state index is 0.157. The van der Waals surface area contributed by atoms with Crippen molar-refractivity contribution in [3.63, 3.8) is 0 Å². The van der Waals surface area contributed by atoms with E-state index in [0.29, 0.717) is 12.5 Å². The van der Waals surface area contributed by atoms with Gasteiger partial charge in [-0.25, -0.2) is 0 Å². The predicted octanol–water partition coefficient (Wildman–Crippen LogP) is 9.82. The van der Waals surface area contributed by atoms with Crippen LogP contribution < -0.4 is 0 Å². The minimum Gasteiger partial charge on any atom is -0.371 e. The number of benzene rings is 2. The molecule has 1 aliphatic heterocycles. The van der Waals surface area contributed by atoms with Crippen molar-refractivity contribution in [3.05, 3.63) is 66.2 Å². The second-order valence-electron chi connectivity index (χ2n) is 10.5. The van der Waals surface area contributed by atoms with Crippen molar-refractivity contribution in [1.82, 2.24) is 0 Å². The largest absolute Gasteiger partial charge is 0.371 e. The normalized spacial score (nSPS) is 21.3. The van der Waals surface area contributed by atoms with E-state index in [1.807, 2.05) is 11.8 Å². The maximum atomic E-state index is 7.05. The number of thioether (sulfide) groups is 1. The van der Waals surface area contributed by atoms with Gasteiger partial charge in [-0.05, 0) is 49.3 Å². The third-order valence-electron chi connectivity index (χ3n) is 7.34. The van der Waals surface area contributed by atoms with Crippen molar-refractivity contribution in [2.45, 2.75) is 126 Å². The van der Waals surface area contributed by atoms with Crippen LogP contribution in [0.25, 0.3) is 0 Å². The molecule has 2 aromatic rings. The molecule has 0 N–H and O–H groups in total. The molecule has 35 heavy (non-hydrogen) atoms. The molecule has 0 aliphatic carbocycles. The van der Waals surface area contributed by atoms with E-state index in [1.54, 1.807) is 0 Å². The lowest BCUT2D eigenvalue weighted by Gasteiger charge is -2.45. The lowest BCUT2D eigenvalue weighted by molar-refractivity contribution is -0.157. The lowest BCUT2D eigenvalue weighted by Crippen LogP contribution is -2.47. The summed E-state index contributed by atoms with van der Waals surface area (Å²) in [6.07, 6.45) is 15.6. The molecule has 194 valence electrons. The average Bonchev–Trinajstić information content (AvgIpc) is 2.88. The van der Waals surface area contributed by atoms with Crippen LogP contribution in [0.3, 0.4) is 0 Å². The Bertz CT molecular complexity index is 794. The van der Waals surface area contributed by atoms with E-state index in [-0.39, 0.29) is 17.1 Å². The Morgan fingerprint density at radius 1 is 0.886 bits per heavy atom. The Morgan fingerprint density at radius 2 is 1.51 bits per heavy atom. The molecule has 2 nitrogen and oxygen atoms in total.